The molecule has 1 aromatic carbocycles. The summed E-state index contributed by atoms with van der Waals surface area (Å²) in [4.78, 5) is 21.3. The van der Waals surface area contributed by atoms with E-state index >= 15 is 0 Å². The van der Waals surface area contributed by atoms with Crippen molar-refractivity contribution in [2.24, 2.45) is 0 Å². The molecule has 4 nitrogen and oxygen atoms in total. The summed E-state index contributed by atoms with van der Waals surface area (Å²) in [6.45, 7) is 5.94. The van der Waals surface area contributed by atoms with Crippen LogP contribution in [0.4, 0.5) is 5.69 Å². The molecule has 23 heavy (non-hydrogen) atoms. The second-order valence-electron chi connectivity index (χ2n) is 6.01. The molecule has 0 saturated heterocycles. The number of hydrogen-bond donors (Lipinski definition) is 1. The Bertz CT molecular complexity index is 758. The van der Waals surface area contributed by atoms with Crippen molar-refractivity contribution in [1.82, 2.24) is 9.97 Å². The number of nitrogens with one attached hydrogen (secondary N) is 1. The highest BCUT2D eigenvalue weighted by atomic mass is 32.2. The average Bonchev–Trinajstić information content (AvgIpc) is 2.96. The van der Waals surface area contributed by atoms with Crippen LogP contribution in [0.25, 0.3) is 0 Å². The van der Waals surface area contributed by atoms with Crippen LogP contribution in [0.15, 0.2) is 23.2 Å². The molecular weight excluding hydrogens is 306 g/mol. The number of nitrogens with zero attached hydrogens (tertiary/aromatic N) is 2. The molecule has 0 aliphatic heterocycles. The number of amides is 1. The van der Waals surface area contributed by atoms with Gasteiger partial charge in [0.1, 0.15) is 10.9 Å². The van der Waals surface area contributed by atoms with E-state index in [0.29, 0.717) is 5.75 Å². The van der Waals surface area contributed by atoms with Crippen LogP contribution in [0.3, 0.4) is 0 Å². The van der Waals surface area contributed by atoms with Crippen molar-refractivity contribution in [2.75, 3.05) is 11.1 Å². The molecule has 5 heteroatoms. The Kier molecular flexibility index (Phi) is 4.66. The number of fused-ring (bicyclic) bond motifs is 1. The maximum Gasteiger partial charge on any atom is 0.234 e. The van der Waals surface area contributed by atoms with Gasteiger partial charge in [-0.3, -0.25) is 4.79 Å². The fourth-order valence-corrected chi connectivity index (χ4v) is 3.76. The Balaban J connectivity index is 1.67. The van der Waals surface area contributed by atoms with Crippen molar-refractivity contribution in [2.45, 2.75) is 45.1 Å². The zero-order valence-electron chi connectivity index (χ0n) is 13.8. The quantitative estimate of drug-likeness (QED) is 0.688. The first-order valence-electron chi connectivity index (χ1n) is 7.89. The Morgan fingerprint density at radius 2 is 2.04 bits per heavy atom. The number of aryl methyl sites for hydroxylation is 4. The van der Waals surface area contributed by atoms with Gasteiger partial charge in [-0.05, 0) is 57.2 Å². The average molecular weight is 327 g/mol. The van der Waals surface area contributed by atoms with Crippen LogP contribution in [-0.4, -0.2) is 21.6 Å². The van der Waals surface area contributed by atoms with Crippen LogP contribution < -0.4 is 5.32 Å². The van der Waals surface area contributed by atoms with Gasteiger partial charge in [0.2, 0.25) is 5.91 Å². The lowest BCUT2D eigenvalue weighted by atomic mass is 10.1. The maximum atomic E-state index is 12.3. The van der Waals surface area contributed by atoms with Gasteiger partial charge in [0.25, 0.3) is 0 Å². The van der Waals surface area contributed by atoms with Gasteiger partial charge < -0.3 is 5.32 Å². The molecule has 0 saturated carbocycles. The third-order valence-corrected chi connectivity index (χ3v) is 5.03. The molecule has 0 atom stereocenters. The predicted molar refractivity (Wildman–Crippen MR) is 94.1 cm³/mol. The highest BCUT2D eigenvalue weighted by Gasteiger charge is 2.19. The number of rotatable bonds is 4. The molecule has 1 aliphatic carbocycles. The van der Waals surface area contributed by atoms with E-state index in [9.17, 15) is 4.79 Å². The molecule has 1 heterocycles. The Morgan fingerprint density at radius 3 is 2.87 bits per heavy atom. The minimum atomic E-state index is 0.00622. The van der Waals surface area contributed by atoms with Crippen molar-refractivity contribution in [3.8, 4) is 0 Å². The van der Waals surface area contributed by atoms with Crippen molar-refractivity contribution < 1.29 is 4.79 Å². The van der Waals surface area contributed by atoms with Gasteiger partial charge in [0.05, 0.1) is 5.75 Å². The van der Waals surface area contributed by atoms with Gasteiger partial charge in [0.15, 0.2) is 0 Å². The molecule has 0 radical (unpaired) electrons. The number of aromatic nitrogens is 2. The topological polar surface area (TPSA) is 54.9 Å². The van der Waals surface area contributed by atoms with Gasteiger partial charge in [-0.1, -0.05) is 23.9 Å². The highest BCUT2D eigenvalue weighted by Crippen LogP contribution is 2.29. The fourth-order valence-electron chi connectivity index (χ4n) is 2.83. The van der Waals surface area contributed by atoms with Gasteiger partial charge >= 0.3 is 0 Å². The summed E-state index contributed by atoms with van der Waals surface area (Å²) in [6, 6.07) is 6.08. The van der Waals surface area contributed by atoms with Gasteiger partial charge in [-0.2, -0.15) is 0 Å². The van der Waals surface area contributed by atoms with Crippen LogP contribution in [0.5, 0.6) is 0 Å². The van der Waals surface area contributed by atoms with Crippen LogP contribution in [0.1, 0.15) is 34.6 Å². The zero-order valence-corrected chi connectivity index (χ0v) is 14.6. The van der Waals surface area contributed by atoms with E-state index < -0.39 is 0 Å². The SMILES string of the molecule is Cc1ccc(C)c(NC(=O)CSc2nc(C)nc3c2CCC3)c1. The third-order valence-electron chi connectivity index (χ3n) is 4.01. The number of carbonyl (C=O) groups is 1. The first-order valence-corrected chi connectivity index (χ1v) is 8.88. The van der Waals surface area contributed by atoms with Crippen molar-refractivity contribution in [1.29, 1.82) is 0 Å². The lowest BCUT2D eigenvalue weighted by Gasteiger charge is -2.10. The van der Waals surface area contributed by atoms with Crippen LogP contribution in [-0.2, 0) is 17.6 Å². The lowest BCUT2D eigenvalue weighted by molar-refractivity contribution is -0.113. The molecule has 1 amide bonds. The summed E-state index contributed by atoms with van der Waals surface area (Å²) in [5, 5.41) is 3.97. The summed E-state index contributed by atoms with van der Waals surface area (Å²) in [5.74, 6) is 1.17. The van der Waals surface area contributed by atoms with Gasteiger partial charge in [0, 0.05) is 16.9 Å². The standard InChI is InChI=1S/C18H21N3OS/c1-11-7-8-12(2)16(9-11)21-17(22)10-23-18-14-5-4-6-15(14)19-13(3)20-18/h7-9H,4-6,10H2,1-3H3,(H,21,22). The number of hydrogen-bond acceptors (Lipinski definition) is 4. The molecule has 0 bridgehead atoms. The third kappa shape index (κ3) is 3.72. The molecule has 1 N–H and O–H groups in total. The van der Waals surface area contributed by atoms with Gasteiger partial charge in [-0.15, -0.1) is 0 Å². The monoisotopic (exact) mass is 327 g/mol. The number of carbonyl (C=O) groups excluding carboxylic acids is 1. The van der Waals surface area contributed by atoms with Crippen molar-refractivity contribution in [3.63, 3.8) is 0 Å². The lowest BCUT2D eigenvalue weighted by Crippen LogP contribution is -2.15. The number of anilines is 1. The molecule has 1 aliphatic rings. The van der Waals surface area contributed by atoms with E-state index in [2.05, 4.69) is 15.3 Å². The van der Waals surface area contributed by atoms with Gasteiger partial charge in [-0.25, -0.2) is 9.97 Å². The first kappa shape index (κ1) is 16.0. The van der Waals surface area contributed by atoms with Crippen molar-refractivity contribution >= 4 is 23.4 Å². The van der Waals surface area contributed by atoms with E-state index in [4.69, 9.17) is 0 Å². The second kappa shape index (κ2) is 6.71. The maximum absolute atomic E-state index is 12.3. The molecule has 0 spiro atoms. The molecular formula is C18H21N3OS. The first-order chi connectivity index (χ1) is 11.0. The van der Waals surface area contributed by atoms with E-state index in [1.54, 1.807) is 0 Å². The summed E-state index contributed by atoms with van der Waals surface area (Å²) in [7, 11) is 0. The number of benzene rings is 1. The predicted octanol–water partition coefficient (Wildman–Crippen LogP) is 3.62. The normalized spacial score (nSPS) is 13.0. The van der Waals surface area contributed by atoms with E-state index in [0.717, 1.165) is 52.6 Å². The van der Waals surface area contributed by atoms with Crippen LogP contribution in [0.2, 0.25) is 0 Å². The summed E-state index contributed by atoms with van der Waals surface area (Å²) in [5.41, 5.74) is 5.50. The second-order valence-corrected chi connectivity index (χ2v) is 6.97. The molecule has 0 unspecified atom stereocenters. The summed E-state index contributed by atoms with van der Waals surface area (Å²) in [6.07, 6.45) is 3.19. The molecule has 3 rings (SSSR count). The summed E-state index contributed by atoms with van der Waals surface area (Å²) >= 11 is 1.51. The fraction of sp³-hybridized carbons (Fsp3) is 0.389. The highest BCUT2D eigenvalue weighted by molar-refractivity contribution is 8.00. The minimum absolute atomic E-state index is 0.00622. The molecule has 120 valence electrons. The Hall–Kier alpha value is -1.88. The number of thioether (sulfide) groups is 1. The smallest absolute Gasteiger partial charge is 0.234 e. The molecule has 2 aromatic rings. The van der Waals surface area contributed by atoms with E-state index in [1.165, 1.54) is 17.3 Å². The molecule has 1 aromatic heterocycles. The van der Waals surface area contributed by atoms with E-state index in [1.807, 2.05) is 39.0 Å². The van der Waals surface area contributed by atoms with Crippen LogP contribution >= 0.6 is 11.8 Å². The zero-order chi connectivity index (χ0) is 16.4. The van der Waals surface area contributed by atoms with E-state index in [-0.39, 0.29) is 5.91 Å². The Morgan fingerprint density at radius 1 is 1.22 bits per heavy atom. The van der Waals surface area contributed by atoms with Crippen molar-refractivity contribution in [3.05, 3.63) is 46.4 Å². The van der Waals surface area contributed by atoms with Crippen LogP contribution in [0, 0.1) is 20.8 Å². The largest absolute Gasteiger partial charge is 0.325 e. The minimum Gasteiger partial charge on any atom is -0.325 e. The molecule has 0 fully saturated rings. The summed E-state index contributed by atoms with van der Waals surface area (Å²) < 4.78 is 0. The Labute approximate surface area is 141 Å².